The highest BCUT2D eigenvalue weighted by Crippen LogP contribution is 2.35. The zero-order valence-corrected chi connectivity index (χ0v) is 14.1. The molecule has 0 aliphatic carbocycles. The summed E-state index contributed by atoms with van der Waals surface area (Å²) in [4.78, 5) is 12.9. The van der Waals surface area contributed by atoms with Gasteiger partial charge < -0.3 is 10.6 Å². The molecule has 1 aliphatic heterocycles. The Morgan fingerprint density at radius 3 is 2.87 bits per heavy atom. The minimum atomic E-state index is -0.0348. The van der Waals surface area contributed by atoms with Crippen LogP contribution in [0.2, 0.25) is 0 Å². The van der Waals surface area contributed by atoms with Crippen LogP contribution in [-0.4, -0.2) is 12.5 Å². The molecule has 23 heavy (non-hydrogen) atoms. The number of carbonyl (C=O) groups is 1. The molecule has 1 amide bonds. The molecule has 120 valence electrons. The highest BCUT2D eigenvalue weighted by molar-refractivity contribution is 6.09. The second kappa shape index (κ2) is 6.45. The number of amides is 1. The Balaban J connectivity index is 1.97. The van der Waals surface area contributed by atoms with Gasteiger partial charge in [0.25, 0.3) is 5.91 Å². The van der Waals surface area contributed by atoms with E-state index >= 15 is 0 Å². The van der Waals surface area contributed by atoms with E-state index in [9.17, 15) is 4.79 Å². The number of fused-ring (bicyclic) bond motifs is 1. The van der Waals surface area contributed by atoms with E-state index in [1.165, 1.54) is 5.56 Å². The molecule has 3 rings (SSSR count). The summed E-state index contributed by atoms with van der Waals surface area (Å²) in [5.41, 5.74) is 6.19. The highest BCUT2D eigenvalue weighted by atomic mass is 16.1. The van der Waals surface area contributed by atoms with E-state index in [4.69, 9.17) is 0 Å². The van der Waals surface area contributed by atoms with Crippen molar-refractivity contribution in [3.05, 3.63) is 58.7 Å². The first-order chi connectivity index (χ1) is 11.1. The van der Waals surface area contributed by atoms with Crippen LogP contribution in [0.4, 0.5) is 11.4 Å². The summed E-state index contributed by atoms with van der Waals surface area (Å²) in [5.74, 6) is 0.452. The number of hydrogen-bond donors (Lipinski definition) is 2. The topological polar surface area (TPSA) is 41.1 Å². The predicted octanol–water partition coefficient (Wildman–Crippen LogP) is 4.73. The van der Waals surface area contributed by atoms with Crippen molar-refractivity contribution in [3.8, 4) is 0 Å². The maximum absolute atomic E-state index is 12.9. The van der Waals surface area contributed by atoms with Gasteiger partial charge >= 0.3 is 0 Å². The molecular formula is C20H24N2O. The molecule has 0 spiro atoms. The fourth-order valence-electron chi connectivity index (χ4n) is 3.29. The average molecular weight is 308 g/mol. The SMILES string of the molecule is CCc1ccccc1NC(=O)c1cc(C)cc2c1NCCC2C. The lowest BCUT2D eigenvalue weighted by Crippen LogP contribution is -2.21. The molecule has 0 bridgehead atoms. The first-order valence-corrected chi connectivity index (χ1v) is 8.37. The molecular weight excluding hydrogens is 284 g/mol. The first-order valence-electron chi connectivity index (χ1n) is 8.37. The van der Waals surface area contributed by atoms with Gasteiger partial charge in [-0.05, 0) is 54.5 Å². The van der Waals surface area contributed by atoms with Gasteiger partial charge in [-0.25, -0.2) is 0 Å². The van der Waals surface area contributed by atoms with Gasteiger partial charge in [0.05, 0.1) is 11.3 Å². The lowest BCUT2D eigenvalue weighted by atomic mass is 9.89. The summed E-state index contributed by atoms with van der Waals surface area (Å²) >= 11 is 0. The number of benzene rings is 2. The molecule has 2 N–H and O–H groups in total. The van der Waals surface area contributed by atoms with Crippen LogP contribution in [0.3, 0.4) is 0 Å². The van der Waals surface area contributed by atoms with Crippen LogP contribution >= 0.6 is 0 Å². The predicted molar refractivity (Wildman–Crippen MR) is 96.5 cm³/mol. The maximum atomic E-state index is 12.9. The van der Waals surface area contributed by atoms with Gasteiger partial charge in [-0.15, -0.1) is 0 Å². The molecule has 1 heterocycles. The molecule has 2 aromatic carbocycles. The molecule has 0 saturated heterocycles. The molecule has 1 aliphatic rings. The van der Waals surface area contributed by atoms with E-state index in [0.29, 0.717) is 5.92 Å². The third kappa shape index (κ3) is 3.09. The van der Waals surface area contributed by atoms with Crippen LogP contribution in [0.5, 0.6) is 0 Å². The molecule has 1 unspecified atom stereocenters. The lowest BCUT2D eigenvalue weighted by Gasteiger charge is -2.26. The largest absolute Gasteiger partial charge is 0.384 e. The summed E-state index contributed by atoms with van der Waals surface area (Å²) in [6.45, 7) is 7.30. The molecule has 0 radical (unpaired) electrons. The van der Waals surface area contributed by atoms with Gasteiger partial charge in [0, 0.05) is 12.2 Å². The fraction of sp³-hybridized carbons (Fsp3) is 0.350. The van der Waals surface area contributed by atoms with Gasteiger partial charge in [0.15, 0.2) is 0 Å². The summed E-state index contributed by atoms with van der Waals surface area (Å²) < 4.78 is 0. The van der Waals surface area contributed by atoms with Crippen LogP contribution in [-0.2, 0) is 6.42 Å². The van der Waals surface area contributed by atoms with Gasteiger partial charge in [-0.3, -0.25) is 4.79 Å². The van der Waals surface area contributed by atoms with E-state index in [1.54, 1.807) is 0 Å². The van der Waals surface area contributed by atoms with Crippen molar-refractivity contribution in [1.29, 1.82) is 0 Å². The van der Waals surface area contributed by atoms with Gasteiger partial charge in [-0.2, -0.15) is 0 Å². The molecule has 0 aromatic heterocycles. The Labute approximate surface area is 138 Å². The van der Waals surface area contributed by atoms with Crippen LogP contribution in [0.15, 0.2) is 36.4 Å². The number of rotatable bonds is 3. The average Bonchev–Trinajstić information content (AvgIpc) is 2.55. The van der Waals surface area contributed by atoms with Crippen molar-refractivity contribution in [3.63, 3.8) is 0 Å². The summed E-state index contributed by atoms with van der Waals surface area (Å²) in [7, 11) is 0. The lowest BCUT2D eigenvalue weighted by molar-refractivity contribution is 0.102. The Kier molecular flexibility index (Phi) is 4.37. The number of anilines is 2. The quantitative estimate of drug-likeness (QED) is 0.860. The maximum Gasteiger partial charge on any atom is 0.257 e. The normalized spacial score (nSPS) is 16.4. The Morgan fingerprint density at radius 2 is 2.09 bits per heavy atom. The number of hydrogen-bond acceptors (Lipinski definition) is 2. The van der Waals surface area contributed by atoms with Crippen LogP contribution in [0, 0.1) is 6.92 Å². The Morgan fingerprint density at radius 1 is 1.30 bits per heavy atom. The zero-order valence-electron chi connectivity index (χ0n) is 14.1. The minimum Gasteiger partial charge on any atom is -0.384 e. The molecule has 1 atom stereocenters. The first kappa shape index (κ1) is 15.6. The number of aryl methyl sites for hydroxylation is 2. The van der Waals surface area contributed by atoms with Crippen molar-refractivity contribution in [2.75, 3.05) is 17.2 Å². The number of carbonyl (C=O) groups excluding carboxylic acids is 1. The zero-order chi connectivity index (χ0) is 16.4. The second-order valence-corrected chi connectivity index (χ2v) is 6.36. The van der Waals surface area contributed by atoms with E-state index in [2.05, 4.69) is 43.5 Å². The molecule has 3 nitrogen and oxygen atoms in total. The molecule has 0 fully saturated rings. The number of nitrogens with one attached hydrogen (secondary N) is 2. The summed E-state index contributed by atoms with van der Waals surface area (Å²) in [5, 5.41) is 6.51. The number of para-hydroxylation sites is 1. The van der Waals surface area contributed by atoms with E-state index in [-0.39, 0.29) is 5.91 Å². The van der Waals surface area contributed by atoms with Gasteiger partial charge in [-0.1, -0.05) is 38.1 Å². The minimum absolute atomic E-state index is 0.0348. The second-order valence-electron chi connectivity index (χ2n) is 6.36. The van der Waals surface area contributed by atoms with Gasteiger partial charge in [0.2, 0.25) is 0 Å². The third-order valence-corrected chi connectivity index (χ3v) is 4.61. The highest BCUT2D eigenvalue weighted by Gasteiger charge is 2.22. The van der Waals surface area contributed by atoms with Crippen molar-refractivity contribution >= 4 is 17.3 Å². The van der Waals surface area contributed by atoms with E-state index in [0.717, 1.165) is 47.5 Å². The standard InChI is InChI=1S/C20H24N2O/c1-4-15-7-5-6-8-18(15)22-20(23)17-12-13(2)11-16-14(3)9-10-21-19(16)17/h5-8,11-12,14,21H,4,9-10H2,1-3H3,(H,22,23). The van der Waals surface area contributed by atoms with E-state index < -0.39 is 0 Å². The van der Waals surface area contributed by atoms with Crippen LogP contribution < -0.4 is 10.6 Å². The fourth-order valence-corrected chi connectivity index (χ4v) is 3.29. The molecule has 0 saturated carbocycles. The monoisotopic (exact) mass is 308 g/mol. The third-order valence-electron chi connectivity index (χ3n) is 4.61. The summed E-state index contributed by atoms with van der Waals surface area (Å²) in [6, 6.07) is 12.2. The van der Waals surface area contributed by atoms with Crippen molar-refractivity contribution < 1.29 is 4.79 Å². The molecule has 3 heteroatoms. The van der Waals surface area contributed by atoms with Crippen molar-refractivity contribution in [1.82, 2.24) is 0 Å². The van der Waals surface area contributed by atoms with Crippen molar-refractivity contribution in [2.45, 2.75) is 39.5 Å². The van der Waals surface area contributed by atoms with E-state index in [1.807, 2.05) is 24.3 Å². The van der Waals surface area contributed by atoms with Crippen molar-refractivity contribution in [2.24, 2.45) is 0 Å². The smallest absolute Gasteiger partial charge is 0.257 e. The van der Waals surface area contributed by atoms with Crippen LogP contribution in [0.25, 0.3) is 0 Å². The Bertz CT molecular complexity index is 736. The molecule has 2 aromatic rings. The summed E-state index contributed by atoms with van der Waals surface area (Å²) in [6.07, 6.45) is 2.01. The van der Waals surface area contributed by atoms with Gasteiger partial charge in [0.1, 0.15) is 0 Å². The van der Waals surface area contributed by atoms with Crippen LogP contribution in [0.1, 0.15) is 53.2 Å². The Hall–Kier alpha value is -2.29.